The van der Waals surface area contributed by atoms with Crippen LogP contribution in [0.15, 0.2) is 243 Å². The van der Waals surface area contributed by atoms with Gasteiger partial charge in [0, 0.05) is 81.6 Å². The van der Waals surface area contributed by atoms with Crippen molar-refractivity contribution < 1.29 is 52.3 Å². The number of benzene rings is 12. The second-order valence-corrected chi connectivity index (χ2v) is 33.3. The van der Waals surface area contributed by atoms with Gasteiger partial charge in [0.25, 0.3) is 0 Å². The molecule has 10 heteroatoms. The minimum Gasteiger partial charge on any atom is -0.507 e. The first-order valence-corrected chi connectivity index (χ1v) is 37.2. The normalized spacial score (nSPS) is 12.2. The maximum atomic E-state index is 12.2. The minimum absolute atomic E-state index is 0. The van der Waals surface area contributed by atoms with Crippen LogP contribution in [0.1, 0.15) is 156 Å². The number of aromatic hydroxyl groups is 2. The van der Waals surface area contributed by atoms with E-state index in [1.807, 2.05) is 24.4 Å². The van der Waals surface area contributed by atoms with E-state index in [-0.39, 0.29) is 75.3 Å². The molecule has 108 heavy (non-hydrogen) atoms. The fourth-order valence-corrected chi connectivity index (χ4v) is 14.8. The van der Waals surface area contributed by atoms with Gasteiger partial charge in [0.2, 0.25) is 0 Å². The van der Waals surface area contributed by atoms with Crippen LogP contribution in [-0.2, 0) is 63.8 Å². The van der Waals surface area contributed by atoms with Gasteiger partial charge >= 0.3 is 0 Å². The third-order valence-corrected chi connectivity index (χ3v) is 20.9. The van der Waals surface area contributed by atoms with E-state index >= 15 is 0 Å². The average Bonchev–Trinajstić information content (AvgIpc) is 1.70. The first-order chi connectivity index (χ1) is 50.5. The molecule has 548 valence electrons. The molecular weight excluding hydrogens is 1680 g/mol. The Hall–Kier alpha value is -10.1. The van der Waals surface area contributed by atoms with Crippen LogP contribution in [0.2, 0.25) is 0 Å². The van der Waals surface area contributed by atoms with Gasteiger partial charge in [-0.3, -0.25) is 19.1 Å². The van der Waals surface area contributed by atoms with Crippen molar-refractivity contribution in [3.05, 3.63) is 288 Å². The van der Waals surface area contributed by atoms with E-state index in [1.165, 1.54) is 11.1 Å². The van der Waals surface area contributed by atoms with Crippen molar-refractivity contribution in [2.24, 2.45) is 0 Å². The zero-order valence-corrected chi connectivity index (χ0v) is 69.0. The van der Waals surface area contributed by atoms with Gasteiger partial charge in [0.1, 0.15) is 23.1 Å². The quantitative estimate of drug-likeness (QED) is 0.132. The van der Waals surface area contributed by atoms with E-state index in [0.29, 0.717) is 23.5 Å². The number of hydrogen-bond donors (Lipinski definition) is 2. The third kappa shape index (κ3) is 14.5. The van der Waals surface area contributed by atoms with Crippen molar-refractivity contribution in [1.29, 1.82) is 0 Å². The summed E-state index contributed by atoms with van der Waals surface area (Å²) in [6.07, 6.45) is 1.95. The van der Waals surface area contributed by atoms with Gasteiger partial charge in [-0.1, -0.05) is 303 Å². The zero-order chi connectivity index (χ0) is 74.5. The molecule has 0 bridgehead atoms. The van der Waals surface area contributed by atoms with Crippen LogP contribution in [0.3, 0.4) is 0 Å². The van der Waals surface area contributed by atoms with Gasteiger partial charge in [0.05, 0.1) is 50.1 Å². The molecule has 0 aliphatic carbocycles. The molecule has 0 spiro atoms. The standard InChI is InChI=1S/2C49H46N3O.2Pt/c1-30(2)33-25-34(27-35(26-33)42-24-23-32-16-10-12-20-41(32)50-42)38-19-14-22-44-45(38)51-47(52(44)43-21-13-17-31-15-9-11-18-37(31)43)39-28-36(48(3,4)5)29-40(46(39)53)49(6,7)8;1-30(2)34-23-35(25-36(24-34)42-26-32-16-9-10-17-33(32)29-50-42)39-20-14-22-44-45(39)51-47(52(44)43-21-13-18-31-15-11-12-19-38(31)43)40-27-37(48(3,4)5)28-41(46(40)53)49(6,7)8;;/h9-26,28-30,53H,1-8H3;9-24,26-30,53H,1-8H3;;/q2*-1;;. The van der Waals surface area contributed by atoms with Crippen molar-refractivity contribution in [2.75, 3.05) is 0 Å². The summed E-state index contributed by atoms with van der Waals surface area (Å²) in [5.41, 5.74) is 21.3. The predicted molar refractivity (Wildman–Crippen MR) is 444 cm³/mol. The fourth-order valence-electron chi connectivity index (χ4n) is 14.8. The van der Waals surface area contributed by atoms with Gasteiger partial charge in [-0.15, -0.1) is 58.7 Å². The number of phenolic OH excluding ortho intramolecular Hbond substituents is 2. The largest absolute Gasteiger partial charge is 0.507 e. The van der Waals surface area contributed by atoms with Gasteiger partial charge in [-0.05, 0) is 114 Å². The summed E-state index contributed by atoms with van der Waals surface area (Å²) in [5.74, 6) is 2.52. The van der Waals surface area contributed by atoms with E-state index < -0.39 is 0 Å². The van der Waals surface area contributed by atoms with Crippen molar-refractivity contribution in [3.63, 3.8) is 0 Å². The van der Waals surface area contributed by atoms with Crippen LogP contribution in [0, 0.1) is 12.1 Å². The first-order valence-electron chi connectivity index (χ1n) is 37.2. The van der Waals surface area contributed by atoms with Crippen molar-refractivity contribution >= 4 is 65.3 Å². The number of nitrogens with zero attached hydrogens (tertiary/aromatic N) is 6. The Morgan fingerprint density at radius 2 is 0.741 bits per heavy atom. The molecule has 4 aromatic heterocycles. The average molecular weight is 1780 g/mol. The Bertz CT molecular complexity index is 5740. The van der Waals surface area contributed by atoms with Crippen molar-refractivity contribution in [2.45, 2.75) is 144 Å². The van der Waals surface area contributed by atoms with E-state index in [4.69, 9.17) is 19.9 Å². The van der Waals surface area contributed by atoms with Crippen molar-refractivity contribution in [3.8, 4) is 90.4 Å². The Labute approximate surface area is 664 Å². The molecule has 0 atom stereocenters. The first kappa shape index (κ1) is 76.1. The Balaban J connectivity index is 0.000000187. The third-order valence-electron chi connectivity index (χ3n) is 20.9. The van der Waals surface area contributed by atoms with Crippen LogP contribution < -0.4 is 0 Å². The summed E-state index contributed by atoms with van der Waals surface area (Å²) in [7, 11) is 0. The van der Waals surface area contributed by atoms with Crippen LogP contribution in [0.4, 0.5) is 0 Å². The number of phenols is 2. The molecule has 0 radical (unpaired) electrons. The van der Waals surface area contributed by atoms with E-state index in [9.17, 15) is 10.2 Å². The van der Waals surface area contributed by atoms with Gasteiger partial charge in [-0.2, -0.15) is 0 Å². The minimum atomic E-state index is -0.291. The number of fused-ring (bicyclic) bond motifs is 6. The summed E-state index contributed by atoms with van der Waals surface area (Å²) >= 11 is 0. The number of rotatable bonds is 10. The monoisotopic (exact) mass is 1770 g/mol. The molecule has 16 aromatic rings. The van der Waals surface area contributed by atoms with Gasteiger partial charge in [-0.25, -0.2) is 9.97 Å². The molecule has 0 fully saturated rings. The van der Waals surface area contributed by atoms with Crippen molar-refractivity contribution in [1.82, 2.24) is 29.1 Å². The number of aromatic nitrogens is 6. The maximum Gasteiger partial charge on any atom is 0.148 e. The SMILES string of the molecule is CC(C)c1cc(-c2cc3ccccc3cn2)[c-]c(-c2cccc3c2nc(-c2cc(C(C)(C)C)cc(C(C)(C)C)c2O)n3-c2cccc3ccccc23)c1.CC(C)c1cc(-c2ccc3ccccc3n2)[c-]c(-c2cccc3c2nc(-c2cc(C(C)(C)C)cc(C(C)(C)C)c2O)n3-c2cccc3ccccc23)c1.[Pt].[Pt]. The summed E-state index contributed by atoms with van der Waals surface area (Å²) in [6, 6.07) is 90.6. The number of hydrogen-bond acceptors (Lipinski definition) is 6. The Morgan fingerprint density at radius 3 is 1.19 bits per heavy atom. The molecule has 2 N–H and O–H groups in total. The molecule has 0 saturated heterocycles. The summed E-state index contributed by atoms with van der Waals surface area (Å²) in [6.45, 7) is 35.2. The Kier molecular flexibility index (Phi) is 20.8. The summed E-state index contributed by atoms with van der Waals surface area (Å²) in [5, 5.41) is 32.3. The van der Waals surface area contributed by atoms with Crippen LogP contribution in [0.5, 0.6) is 11.5 Å². The van der Waals surface area contributed by atoms with E-state index in [0.717, 1.165) is 155 Å². The topological polar surface area (TPSA) is 102 Å². The van der Waals surface area contributed by atoms with Gasteiger partial charge in [0.15, 0.2) is 0 Å². The molecule has 0 saturated carbocycles. The smallest absolute Gasteiger partial charge is 0.148 e. The maximum absolute atomic E-state index is 12.2. The van der Waals surface area contributed by atoms with E-state index in [2.05, 4.69) is 350 Å². The second kappa shape index (κ2) is 29.5. The molecule has 12 aromatic carbocycles. The van der Waals surface area contributed by atoms with Crippen LogP contribution >= 0.6 is 0 Å². The van der Waals surface area contributed by atoms with Crippen LogP contribution in [-0.4, -0.2) is 39.3 Å². The zero-order valence-electron chi connectivity index (χ0n) is 64.5. The number of pyridine rings is 2. The molecule has 8 nitrogen and oxygen atoms in total. The summed E-state index contributed by atoms with van der Waals surface area (Å²) in [4.78, 5) is 21.0. The molecule has 0 aliphatic heterocycles. The summed E-state index contributed by atoms with van der Waals surface area (Å²) < 4.78 is 4.49. The predicted octanol–water partition coefficient (Wildman–Crippen LogP) is 25.9. The molecular formula is C98H92N6O2Pt2-2. The Morgan fingerprint density at radius 1 is 0.343 bits per heavy atom. The van der Waals surface area contributed by atoms with E-state index in [1.54, 1.807) is 0 Å². The molecule has 0 aliphatic rings. The fraction of sp³-hybridized carbons (Fsp3) is 0.224. The number of para-hydroxylation sites is 3. The molecule has 16 rings (SSSR count). The molecule has 0 unspecified atom stereocenters. The molecule has 4 heterocycles. The molecule has 0 amide bonds. The number of imidazole rings is 2. The van der Waals surface area contributed by atoms with Gasteiger partial charge < -0.3 is 10.2 Å². The van der Waals surface area contributed by atoms with Crippen LogP contribution in [0.25, 0.3) is 144 Å². The second-order valence-electron chi connectivity index (χ2n) is 33.3.